The number of alkyl halides is 2. The van der Waals surface area contributed by atoms with E-state index >= 15 is 0 Å². The quantitative estimate of drug-likeness (QED) is 0.716. The minimum Gasteiger partial charge on any atom is -0.480 e. The summed E-state index contributed by atoms with van der Waals surface area (Å²) in [5.74, 6) is 0.595. The Hall–Kier alpha value is -2.36. The predicted molar refractivity (Wildman–Crippen MR) is 76.5 cm³/mol. The monoisotopic (exact) mass is 326 g/mol. The number of fused-ring (bicyclic) bond motifs is 1. The Bertz CT molecular complexity index is 789. The van der Waals surface area contributed by atoms with Crippen molar-refractivity contribution in [3.63, 3.8) is 0 Å². The highest BCUT2D eigenvalue weighted by molar-refractivity contribution is 7.03. The van der Waals surface area contributed by atoms with Crippen LogP contribution in [0.4, 0.5) is 14.6 Å². The van der Waals surface area contributed by atoms with Crippen LogP contribution in [0, 0.1) is 0 Å². The molecule has 22 heavy (non-hydrogen) atoms. The van der Waals surface area contributed by atoms with E-state index in [0.29, 0.717) is 18.2 Å². The lowest BCUT2D eigenvalue weighted by Crippen LogP contribution is -2.19. The van der Waals surface area contributed by atoms with E-state index in [0.717, 1.165) is 10.1 Å². The maximum absolute atomic E-state index is 12.9. The number of anilines is 1. The van der Waals surface area contributed by atoms with Gasteiger partial charge in [0.05, 0.1) is 13.7 Å². The van der Waals surface area contributed by atoms with Gasteiger partial charge in [-0.1, -0.05) is 0 Å². The zero-order valence-electron chi connectivity index (χ0n) is 11.8. The summed E-state index contributed by atoms with van der Waals surface area (Å²) in [6, 6.07) is 3.30. The molecule has 3 heterocycles. The number of hydrogen-bond donors (Lipinski definition) is 0. The van der Waals surface area contributed by atoms with Gasteiger partial charge in [-0.3, -0.25) is 0 Å². The lowest BCUT2D eigenvalue weighted by Gasteiger charge is -2.17. The number of hydrogen-bond acceptors (Lipinski definition) is 7. The molecule has 0 spiro atoms. The molecule has 0 bridgehead atoms. The number of halogens is 2. The van der Waals surface area contributed by atoms with Gasteiger partial charge in [0.15, 0.2) is 5.65 Å². The first-order valence-corrected chi connectivity index (χ1v) is 7.12. The van der Waals surface area contributed by atoms with Gasteiger partial charge in [-0.15, -0.1) is 15.3 Å². The fourth-order valence-corrected chi connectivity index (χ4v) is 2.63. The third kappa shape index (κ3) is 2.56. The molecule has 3 aromatic rings. The second kappa shape index (κ2) is 5.79. The molecule has 0 saturated carbocycles. The molecule has 0 aliphatic heterocycles. The summed E-state index contributed by atoms with van der Waals surface area (Å²) in [4.78, 5) is 1.81. The molecule has 0 saturated heterocycles. The number of aromatic nitrogens is 5. The number of methoxy groups -OCH3 is 1. The van der Waals surface area contributed by atoms with E-state index in [1.807, 2.05) is 5.38 Å². The van der Waals surface area contributed by atoms with Crippen molar-refractivity contribution in [3.8, 4) is 5.88 Å². The Balaban J connectivity index is 1.90. The van der Waals surface area contributed by atoms with Crippen molar-refractivity contribution in [1.29, 1.82) is 0 Å². The van der Waals surface area contributed by atoms with Crippen LogP contribution in [0.2, 0.25) is 0 Å². The van der Waals surface area contributed by atoms with Crippen molar-refractivity contribution >= 4 is 23.0 Å². The Labute approximate surface area is 128 Å². The minimum atomic E-state index is -2.73. The minimum absolute atomic E-state index is 0.280. The topological polar surface area (TPSA) is 68.4 Å². The Morgan fingerprint density at radius 1 is 1.36 bits per heavy atom. The smallest absolute Gasteiger partial charge is 0.299 e. The van der Waals surface area contributed by atoms with E-state index in [4.69, 9.17) is 4.74 Å². The lowest BCUT2D eigenvalue weighted by atomic mass is 10.3. The van der Waals surface area contributed by atoms with E-state index < -0.39 is 12.2 Å². The molecular weight excluding hydrogens is 314 g/mol. The van der Waals surface area contributed by atoms with Crippen LogP contribution in [-0.2, 0) is 6.54 Å². The van der Waals surface area contributed by atoms with Gasteiger partial charge in [0.25, 0.3) is 6.43 Å². The summed E-state index contributed by atoms with van der Waals surface area (Å²) >= 11 is 1.29. The second-order valence-corrected chi connectivity index (χ2v) is 5.15. The summed E-state index contributed by atoms with van der Waals surface area (Å²) in [5.41, 5.74) is 1.18. The van der Waals surface area contributed by atoms with Crippen molar-refractivity contribution in [2.75, 3.05) is 19.1 Å². The van der Waals surface area contributed by atoms with Gasteiger partial charge < -0.3 is 9.64 Å². The lowest BCUT2D eigenvalue weighted by molar-refractivity contribution is 0.137. The molecule has 0 fully saturated rings. The Morgan fingerprint density at radius 3 is 2.91 bits per heavy atom. The van der Waals surface area contributed by atoms with Gasteiger partial charge in [-0.2, -0.15) is 8.89 Å². The van der Waals surface area contributed by atoms with Gasteiger partial charge in [0, 0.05) is 18.0 Å². The summed E-state index contributed by atoms with van der Waals surface area (Å²) in [6.07, 6.45) is -2.73. The van der Waals surface area contributed by atoms with E-state index in [-0.39, 0.29) is 5.65 Å². The van der Waals surface area contributed by atoms with Crippen LogP contribution < -0.4 is 9.64 Å². The van der Waals surface area contributed by atoms with Gasteiger partial charge in [-0.25, -0.2) is 8.78 Å². The first-order valence-electron chi connectivity index (χ1n) is 6.29. The summed E-state index contributed by atoms with van der Waals surface area (Å²) in [5, 5.41) is 13.2. The summed E-state index contributed by atoms with van der Waals surface area (Å²) < 4.78 is 36.1. The van der Waals surface area contributed by atoms with Crippen molar-refractivity contribution < 1.29 is 13.5 Å². The molecular formula is C12H12F2N6OS. The molecule has 0 aliphatic carbocycles. The van der Waals surface area contributed by atoms with E-state index in [1.165, 1.54) is 11.5 Å². The molecule has 0 aliphatic rings. The maximum Gasteiger partial charge on any atom is 0.299 e. The molecule has 0 atom stereocenters. The highest BCUT2D eigenvalue weighted by atomic mass is 32.1. The van der Waals surface area contributed by atoms with Crippen LogP contribution in [0.5, 0.6) is 5.88 Å². The predicted octanol–water partition coefficient (Wildman–Crippen LogP) is 2.16. The number of rotatable bonds is 5. The van der Waals surface area contributed by atoms with Gasteiger partial charge in [-0.05, 0) is 23.7 Å². The third-order valence-corrected chi connectivity index (χ3v) is 3.73. The fourth-order valence-electron chi connectivity index (χ4n) is 1.99. The second-order valence-electron chi connectivity index (χ2n) is 4.53. The molecule has 3 aromatic heterocycles. The zero-order valence-corrected chi connectivity index (χ0v) is 12.6. The van der Waals surface area contributed by atoms with Crippen LogP contribution in [0.1, 0.15) is 17.8 Å². The Kier molecular flexibility index (Phi) is 3.84. The van der Waals surface area contributed by atoms with Crippen molar-refractivity contribution in [2.24, 2.45) is 0 Å². The normalized spacial score (nSPS) is 11.3. The molecule has 0 unspecified atom stereocenters. The Morgan fingerprint density at radius 2 is 2.18 bits per heavy atom. The molecule has 0 aromatic carbocycles. The molecule has 3 rings (SSSR count). The number of nitrogens with zero attached hydrogens (tertiary/aromatic N) is 6. The van der Waals surface area contributed by atoms with Crippen molar-refractivity contribution in [2.45, 2.75) is 13.0 Å². The molecule has 0 radical (unpaired) electrons. The molecule has 10 heteroatoms. The average Bonchev–Trinajstić information content (AvgIpc) is 3.12. The van der Waals surface area contributed by atoms with Crippen molar-refractivity contribution in [1.82, 2.24) is 24.2 Å². The molecule has 0 amide bonds. The van der Waals surface area contributed by atoms with Crippen LogP contribution in [-0.4, -0.2) is 38.3 Å². The number of ether oxygens (including phenoxy) is 1. The van der Waals surface area contributed by atoms with Crippen molar-refractivity contribution in [3.05, 3.63) is 28.9 Å². The van der Waals surface area contributed by atoms with Gasteiger partial charge >= 0.3 is 0 Å². The SMILES string of the molecule is COc1nscc1CN(C)c1ccc2nnc(C(F)F)n2n1. The highest BCUT2D eigenvalue weighted by Crippen LogP contribution is 2.23. The van der Waals surface area contributed by atoms with E-state index in [9.17, 15) is 8.78 Å². The fraction of sp³-hybridized carbons (Fsp3) is 0.333. The van der Waals surface area contributed by atoms with E-state index in [1.54, 1.807) is 31.2 Å². The molecule has 0 N–H and O–H groups in total. The maximum atomic E-state index is 12.9. The molecule has 7 nitrogen and oxygen atoms in total. The zero-order chi connectivity index (χ0) is 15.7. The molecule has 116 valence electrons. The van der Waals surface area contributed by atoms with Crippen LogP contribution in [0.15, 0.2) is 17.5 Å². The van der Waals surface area contributed by atoms with Crippen LogP contribution in [0.25, 0.3) is 5.65 Å². The van der Waals surface area contributed by atoms with Crippen LogP contribution in [0.3, 0.4) is 0 Å². The first kappa shape index (κ1) is 14.6. The largest absolute Gasteiger partial charge is 0.480 e. The highest BCUT2D eigenvalue weighted by Gasteiger charge is 2.18. The standard InChI is InChI=1S/C12H12F2N6OS/c1-19(5-7-6-22-18-12(7)21-2)9-4-3-8-15-16-11(10(13)14)20(8)17-9/h3-4,6,10H,5H2,1-2H3. The third-order valence-electron chi connectivity index (χ3n) is 3.07. The van der Waals surface area contributed by atoms with Gasteiger partial charge in [0.2, 0.25) is 11.7 Å². The first-order chi connectivity index (χ1) is 10.6. The summed E-state index contributed by atoms with van der Waals surface area (Å²) in [6.45, 7) is 0.490. The van der Waals surface area contributed by atoms with Gasteiger partial charge in [0.1, 0.15) is 5.82 Å². The summed E-state index contributed by atoms with van der Waals surface area (Å²) in [7, 11) is 3.35. The van der Waals surface area contributed by atoms with E-state index in [2.05, 4.69) is 19.7 Å². The average molecular weight is 326 g/mol. The van der Waals surface area contributed by atoms with Crippen LogP contribution >= 0.6 is 11.5 Å².